The molecule has 0 saturated heterocycles. The second-order valence-electron chi connectivity index (χ2n) is 6.49. The van der Waals surface area contributed by atoms with Crippen LogP contribution in [-0.4, -0.2) is 29.4 Å². The number of aromatic amines is 1. The monoisotopic (exact) mass is 391 g/mol. The van der Waals surface area contributed by atoms with Crippen molar-refractivity contribution in [3.8, 4) is 0 Å². The standard InChI is InChI=1S/C18H15F2N3O3S/c19-13-3-4-14(23-27(25,26)12-1-2-12)17(20)16(13)15(24)8-10-7-11-5-6-21-18(11)22-9-10/h3-7,9,12,23H,1-2,8H2,(H,21,22). The lowest BCUT2D eigenvalue weighted by molar-refractivity contribution is 0.0985. The van der Waals surface area contributed by atoms with Crippen LogP contribution >= 0.6 is 0 Å². The van der Waals surface area contributed by atoms with Gasteiger partial charge in [-0.2, -0.15) is 0 Å². The highest BCUT2D eigenvalue weighted by Gasteiger charge is 2.36. The molecule has 1 saturated carbocycles. The normalized spacial score (nSPS) is 14.4. The van der Waals surface area contributed by atoms with Crippen molar-refractivity contribution in [2.75, 3.05) is 4.72 Å². The van der Waals surface area contributed by atoms with Crippen molar-refractivity contribution in [2.24, 2.45) is 0 Å². The largest absolute Gasteiger partial charge is 0.346 e. The van der Waals surface area contributed by atoms with E-state index in [9.17, 15) is 22.0 Å². The summed E-state index contributed by atoms with van der Waals surface area (Å²) < 4.78 is 55.0. The zero-order valence-corrected chi connectivity index (χ0v) is 14.8. The highest BCUT2D eigenvalue weighted by atomic mass is 32.2. The summed E-state index contributed by atoms with van der Waals surface area (Å²) in [5.74, 6) is -3.04. The first-order valence-electron chi connectivity index (χ1n) is 8.30. The molecule has 0 radical (unpaired) electrons. The minimum absolute atomic E-state index is 0.263. The van der Waals surface area contributed by atoms with Crippen molar-refractivity contribution in [1.29, 1.82) is 0 Å². The van der Waals surface area contributed by atoms with E-state index in [-0.39, 0.29) is 6.42 Å². The van der Waals surface area contributed by atoms with Crippen molar-refractivity contribution < 1.29 is 22.0 Å². The number of ketones is 1. The molecular formula is C18H15F2N3O3S. The number of carbonyl (C=O) groups excluding carboxylic acids is 1. The quantitative estimate of drug-likeness (QED) is 0.632. The first-order chi connectivity index (χ1) is 12.8. The molecule has 1 aliphatic rings. The van der Waals surface area contributed by atoms with E-state index in [2.05, 4.69) is 14.7 Å². The summed E-state index contributed by atoms with van der Waals surface area (Å²) in [6, 6.07) is 5.33. The van der Waals surface area contributed by atoms with Crippen molar-refractivity contribution in [2.45, 2.75) is 24.5 Å². The van der Waals surface area contributed by atoms with Gasteiger partial charge in [-0.05, 0) is 42.7 Å². The SMILES string of the molecule is O=C(Cc1cnc2[nH]ccc2c1)c1c(F)ccc(NS(=O)(=O)C2CC2)c1F. The molecule has 4 rings (SSSR count). The second kappa shape index (κ2) is 6.41. The molecular weight excluding hydrogens is 376 g/mol. The van der Waals surface area contributed by atoms with Crippen LogP contribution in [-0.2, 0) is 16.4 Å². The number of hydrogen-bond acceptors (Lipinski definition) is 4. The van der Waals surface area contributed by atoms with Gasteiger partial charge in [0.15, 0.2) is 11.6 Å². The Morgan fingerprint density at radius 3 is 2.78 bits per heavy atom. The Balaban J connectivity index is 1.63. The number of carbonyl (C=O) groups is 1. The summed E-state index contributed by atoms with van der Waals surface area (Å²) in [5, 5.41) is 0.201. The smallest absolute Gasteiger partial charge is 0.235 e. The lowest BCUT2D eigenvalue weighted by Gasteiger charge is -2.11. The molecule has 27 heavy (non-hydrogen) atoms. The number of hydrogen-bond donors (Lipinski definition) is 2. The third kappa shape index (κ3) is 3.42. The molecule has 0 bridgehead atoms. The number of H-pyrrole nitrogens is 1. The molecule has 0 aliphatic heterocycles. The van der Waals surface area contributed by atoms with Crippen LogP contribution in [0.2, 0.25) is 0 Å². The summed E-state index contributed by atoms with van der Waals surface area (Å²) >= 11 is 0. The third-order valence-corrected chi connectivity index (χ3v) is 6.26. The van der Waals surface area contributed by atoms with E-state index in [1.165, 1.54) is 6.20 Å². The minimum Gasteiger partial charge on any atom is -0.346 e. The van der Waals surface area contributed by atoms with E-state index < -0.39 is 43.9 Å². The molecule has 3 aromatic rings. The minimum atomic E-state index is -3.73. The van der Waals surface area contributed by atoms with Gasteiger partial charge in [-0.15, -0.1) is 0 Å². The summed E-state index contributed by atoms with van der Waals surface area (Å²) in [6.45, 7) is 0. The summed E-state index contributed by atoms with van der Waals surface area (Å²) in [4.78, 5) is 19.6. The molecule has 1 aliphatic carbocycles. The van der Waals surface area contributed by atoms with Gasteiger partial charge < -0.3 is 4.98 Å². The number of rotatable bonds is 6. The van der Waals surface area contributed by atoms with E-state index in [1.54, 1.807) is 18.3 Å². The number of sulfonamides is 1. The zero-order valence-electron chi connectivity index (χ0n) is 14.0. The van der Waals surface area contributed by atoms with Gasteiger partial charge in [0.25, 0.3) is 0 Å². The number of pyridine rings is 1. The second-order valence-corrected chi connectivity index (χ2v) is 8.45. The van der Waals surface area contributed by atoms with Crippen molar-refractivity contribution in [3.63, 3.8) is 0 Å². The first-order valence-corrected chi connectivity index (χ1v) is 9.84. The van der Waals surface area contributed by atoms with Gasteiger partial charge in [0.05, 0.1) is 16.5 Å². The topological polar surface area (TPSA) is 91.9 Å². The van der Waals surface area contributed by atoms with Gasteiger partial charge in [-0.1, -0.05) is 0 Å². The number of aromatic nitrogens is 2. The van der Waals surface area contributed by atoms with Crippen LogP contribution in [0.15, 0.2) is 36.7 Å². The Morgan fingerprint density at radius 1 is 1.26 bits per heavy atom. The van der Waals surface area contributed by atoms with Crippen LogP contribution in [0.3, 0.4) is 0 Å². The number of anilines is 1. The molecule has 1 fully saturated rings. The maximum Gasteiger partial charge on any atom is 0.235 e. The molecule has 6 nitrogen and oxygen atoms in total. The Bertz CT molecular complexity index is 1150. The predicted molar refractivity (Wildman–Crippen MR) is 96.1 cm³/mol. The number of benzene rings is 1. The Morgan fingerprint density at radius 2 is 2.04 bits per heavy atom. The highest BCUT2D eigenvalue weighted by molar-refractivity contribution is 7.93. The highest BCUT2D eigenvalue weighted by Crippen LogP contribution is 2.31. The van der Waals surface area contributed by atoms with Crippen LogP contribution in [0.1, 0.15) is 28.8 Å². The Kier molecular flexibility index (Phi) is 4.18. The summed E-state index contributed by atoms with van der Waals surface area (Å²) in [5.41, 5.74) is -0.0547. The maximum absolute atomic E-state index is 14.7. The summed E-state index contributed by atoms with van der Waals surface area (Å²) in [7, 11) is -3.73. The molecule has 0 unspecified atom stereocenters. The van der Waals surface area contributed by atoms with Crippen molar-refractivity contribution in [1.82, 2.24) is 9.97 Å². The Hall–Kier alpha value is -2.81. The van der Waals surface area contributed by atoms with E-state index >= 15 is 0 Å². The third-order valence-electron chi connectivity index (χ3n) is 4.41. The number of nitrogens with one attached hydrogen (secondary N) is 2. The van der Waals surface area contributed by atoms with Gasteiger partial charge >= 0.3 is 0 Å². The number of nitrogens with zero attached hydrogens (tertiary/aromatic N) is 1. The van der Waals surface area contributed by atoms with E-state index in [1.807, 2.05) is 0 Å². The zero-order chi connectivity index (χ0) is 19.2. The number of fused-ring (bicyclic) bond motifs is 1. The summed E-state index contributed by atoms with van der Waals surface area (Å²) in [6.07, 6.45) is 3.88. The molecule has 9 heteroatoms. The van der Waals surface area contributed by atoms with Gasteiger partial charge in [-0.25, -0.2) is 22.2 Å². The fraction of sp³-hybridized carbons (Fsp3) is 0.222. The van der Waals surface area contributed by atoms with E-state index in [0.717, 1.165) is 17.5 Å². The average molecular weight is 391 g/mol. The molecule has 0 spiro atoms. The van der Waals surface area contributed by atoms with E-state index in [4.69, 9.17) is 0 Å². The van der Waals surface area contributed by atoms with Crippen LogP contribution in [0, 0.1) is 11.6 Å². The van der Waals surface area contributed by atoms with Gasteiger partial charge in [-0.3, -0.25) is 9.52 Å². The lowest BCUT2D eigenvalue weighted by Crippen LogP contribution is -2.19. The van der Waals surface area contributed by atoms with Crippen molar-refractivity contribution >= 4 is 32.5 Å². The molecule has 0 atom stereocenters. The molecule has 1 aromatic carbocycles. The molecule has 2 heterocycles. The van der Waals surface area contributed by atoms with Gasteiger partial charge in [0, 0.05) is 24.2 Å². The molecule has 2 N–H and O–H groups in total. The van der Waals surface area contributed by atoms with Crippen LogP contribution in [0.5, 0.6) is 0 Å². The average Bonchev–Trinajstić information content (AvgIpc) is 3.37. The van der Waals surface area contributed by atoms with Crippen molar-refractivity contribution in [3.05, 3.63) is 59.4 Å². The number of Topliss-reactive ketones (excluding diaryl/α,β-unsaturated/α-hetero) is 1. The maximum atomic E-state index is 14.7. The Labute approximate surface area is 153 Å². The first kappa shape index (κ1) is 17.6. The van der Waals surface area contributed by atoms with Gasteiger partial charge in [0.2, 0.25) is 10.0 Å². The van der Waals surface area contributed by atoms with Crippen LogP contribution in [0.25, 0.3) is 11.0 Å². The lowest BCUT2D eigenvalue weighted by atomic mass is 10.0. The number of halogens is 2. The van der Waals surface area contributed by atoms with E-state index in [0.29, 0.717) is 24.1 Å². The van der Waals surface area contributed by atoms with Crippen LogP contribution in [0.4, 0.5) is 14.5 Å². The molecule has 140 valence electrons. The predicted octanol–water partition coefficient (Wildman–Crippen LogP) is 3.17. The fourth-order valence-electron chi connectivity index (χ4n) is 2.86. The molecule has 2 aromatic heterocycles. The van der Waals surface area contributed by atoms with Gasteiger partial charge in [0.1, 0.15) is 11.5 Å². The fourth-order valence-corrected chi connectivity index (χ4v) is 4.25. The van der Waals surface area contributed by atoms with Crippen LogP contribution < -0.4 is 4.72 Å². The molecule has 0 amide bonds.